The molecule has 0 heterocycles. The Morgan fingerprint density at radius 2 is 1.68 bits per heavy atom. The van der Waals surface area contributed by atoms with Crippen LogP contribution in [0.4, 0.5) is 5.69 Å². The van der Waals surface area contributed by atoms with E-state index in [4.69, 9.17) is 5.73 Å². The van der Waals surface area contributed by atoms with Crippen molar-refractivity contribution in [3.8, 4) is 0 Å². The van der Waals surface area contributed by atoms with Crippen molar-refractivity contribution in [2.45, 2.75) is 65.2 Å². The van der Waals surface area contributed by atoms with Crippen LogP contribution in [-0.4, -0.2) is 5.78 Å². The third kappa shape index (κ3) is 5.46. The number of rotatable bonds is 9. The molecule has 0 aliphatic rings. The van der Waals surface area contributed by atoms with E-state index in [1.807, 2.05) is 25.1 Å². The molecule has 0 bridgehead atoms. The van der Waals surface area contributed by atoms with E-state index in [0.29, 0.717) is 12.1 Å². The molecule has 1 aromatic carbocycles. The molecular weight excluding hydrogens is 234 g/mol. The van der Waals surface area contributed by atoms with E-state index in [0.717, 1.165) is 24.0 Å². The van der Waals surface area contributed by atoms with Gasteiger partial charge in [-0.05, 0) is 25.0 Å². The molecule has 0 fully saturated rings. The van der Waals surface area contributed by atoms with Crippen molar-refractivity contribution in [2.75, 3.05) is 5.73 Å². The SMILES string of the molecule is CCCCCCCCCC(=O)c1cccc(N)c1C. The highest BCUT2D eigenvalue weighted by molar-refractivity contribution is 5.98. The quantitative estimate of drug-likeness (QED) is 0.390. The Hall–Kier alpha value is -1.31. The molecular formula is C17H27NO. The van der Waals surface area contributed by atoms with Crippen molar-refractivity contribution in [1.29, 1.82) is 0 Å². The summed E-state index contributed by atoms with van der Waals surface area (Å²) in [5.41, 5.74) is 8.27. The summed E-state index contributed by atoms with van der Waals surface area (Å²) in [5, 5.41) is 0. The van der Waals surface area contributed by atoms with Crippen LogP contribution in [0.25, 0.3) is 0 Å². The molecule has 0 radical (unpaired) electrons. The maximum Gasteiger partial charge on any atom is 0.163 e. The van der Waals surface area contributed by atoms with Crippen LogP contribution in [0, 0.1) is 6.92 Å². The normalized spacial score (nSPS) is 10.6. The highest BCUT2D eigenvalue weighted by Gasteiger charge is 2.09. The van der Waals surface area contributed by atoms with Crippen molar-refractivity contribution >= 4 is 11.5 Å². The lowest BCUT2D eigenvalue weighted by molar-refractivity contribution is 0.0978. The zero-order valence-corrected chi connectivity index (χ0v) is 12.4. The predicted octanol–water partition coefficient (Wildman–Crippen LogP) is 4.90. The first-order valence-electron chi connectivity index (χ1n) is 7.55. The Bertz CT molecular complexity index is 398. The number of hydrogen-bond donors (Lipinski definition) is 1. The molecule has 0 unspecified atom stereocenters. The molecule has 0 amide bonds. The molecule has 0 spiro atoms. The van der Waals surface area contributed by atoms with Crippen molar-refractivity contribution in [3.05, 3.63) is 29.3 Å². The largest absolute Gasteiger partial charge is 0.398 e. The minimum Gasteiger partial charge on any atom is -0.398 e. The molecule has 19 heavy (non-hydrogen) atoms. The highest BCUT2D eigenvalue weighted by Crippen LogP contribution is 2.18. The number of ketones is 1. The Balaban J connectivity index is 2.26. The zero-order chi connectivity index (χ0) is 14.1. The second-order valence-electron chi connectivity index (χ2n) is 5.31. The summed E-state index contributed by atoms with van der Waals surface area (Å²) in [7, 11) is 0. The number of nitrogens with two attached hydrogens (primary N) is 1. The van der Waals surface area contributed by atoms with Gasteiger partial charge in [-0.25, -0.2) is 0 Å². The number of Topliss-reactive ketones (excluding diaryl/α,β-unsaturated/α-hetero) is 1. The van der Waals surface area contributed by atoms with Crippen molar-refractivity contribution in [3.63, 3.8) is 0 Å². The average Bonchev–Trinajstić information content (AvgIpc) is 2.40. The summed E-state index contributed by atoms with van der Waals surface area (Å²) < 4.78 is 0. The molecule has 0 aromatic heterocycles. The second-order valence-corrected chi connectivity index (χ2v) is 5.31. The van der Waals surface area contributed by atoms with Gasteiger partial charge in [-0.15, -0.1) is 0 Å². The van der Waals surface area contributed by atoms with Crippen LogP contribution in [-0.2, 0) is 0 Å². The third-order valence-electron chi connectivity index (χ3n) is 3.68. The van der Waals surface area contributed by atoms with Gasteiger partial charge in [0, 0.05) is 17.7 Å². The Labute approximate surface area is 117 Å². The standard InChI is InChI=1S/C17H27NO/c1-3-4-5-6-7-8-9-13-17(19)15-11-10-12-16(18)14(15)2/h10-12H,3-9,13,18H2,1-2H3. The maximum atomic E-state index is 12.1. The predicted molar refractivity (Wildman–Crippen MR) is 82.5 cm³/mol. The van der Waals surface area contributed by atoms with E-state index in [1.165, 1.54) is 32.1 Å². The Morgan fingerprint density at radius 1 is 1.05 bits per heavy atom. The van der Waals surface area contributed by atoms with Gasteiger partial charge in [0.05, 0.1) is 0 Å². The number of unbranched alkanes of at least 4 members (excludes halogenated alkanes) is 6. The molecule has 106 valence electrons. The fourth-order valence-electron chi connectivity index (χ4n) is 2.33. The summed E-state index contributed by atoms with van der Waals surface area (Å²) in [6.07, 6.45) is 9.32. The number of anilines is 1. The molecule has 0 saturated carbocycles. The molecule has 0 atom stereocenters. The number of carbonyl (C=O) groups excluding carboxylic acids is 1. The van der Waals surface area contributed by atoms with Gasteiger partial charge in [0.1, 0.15) is 0 Å². The van der Waals surface area contributed by atoms with E-state index in [-0.39, 0.29) is 5.78 Å². The van der Waals surface area contributed by atoms with E-state index < -0.39 is 0 Å². The lowest BCUT2D eigenvalue weighted by Gasteiger charge is -2.07. The zero-order valence-electron chi connectivity index (χ0n) is 12.4. The van der Waals surface area contributed by atoms with Crippen LogP contribution >= 0.6 is 0 Å². The van der Waals surface area contributed by atoms with Crippen LogP contribution in [0.2, 0.25) is 0 Å². The van der Waals surface area contributed by atoms with E-state index in [9.17, 15) is 4.79 Å². The lowest BCUT2D eigenvalue weighted by Crippen LogP contribution is -2.04. The molecule has 2 N–H and O–H groups in total. The summed E-state index contributed by atoms with van der Waals surface area (Å²) in [5.74, 6) is 0.235. The minimum absolute atomic E-state index is 0.235. The molecule has 1 rings (SSSR count). The van der Waals surface area contributed by atoms with Gasteiger partial charge in [-0.1, -0.05) is 57.6 Å². The second kappa shape index (κ2) is 8.73. The number of carbonyl (C=O) groups is 1. The smallest absolute Gasteiger partial charge is 0.163 e. The Kier molecular flexibility index (Phi) is 7.24. The first-order valence-corrected chi connectivity index (χ1v) is 7.55. The van der Waals surface area contributed by atoms with E-state index in [1.54, 1.807) is 0 Å². The van der Waals surface area contributed by atoms with Gasteiger partial charge < -0.3 is 5.73 Å². The van der Waals surface area contributed by atoms with Crippen molar-refractivity contribution in [1.82, 2.24) is 0 Å². The maximum absolute atomic E-state index is 12.1. The van der Waals surface area contributed by atoms with Crippen LogP contribution < -0.4 is 5.73 Å². The van der Waals surface area contributed by atoms with Gasteiger partial charge >= 0.3 is 0 Å². The molecule has 2 heteroatoms. The van der Waals surface area contributed by atoms with Gasteiger partial charge in [0.15, 0.2) is 5.78 Å². The first kappa shape index (κ1) is 15.7. The summed E-state index contributed by atoms with van der Waals surface area (Å²) in [6, 6.07) is 5.59. The van der Waals surface area contributed by atoms with Crippen molar-refractivity contribution in [2.24, 2.45) is 0 Å². The van der Waals surface area contributed by atoms with Crippen LogP contribution in [0.15, 0.2) is 18.2 Å². The highest BCUT2D eigenvalue weighted by atomic mass is 16.1. The fourth-order valence-corrected chi connectivity index (χ4v) is 2.33. The van der Waals surface area contributed by atoms with E-state index in [2.05, 4.69) is 6.92 Å². The van der Waals surface area contributed by atoms with Gasteiger partial charge in [-0.2, -0.15) is 0 Å². The molecule has 0 saturated heterocycles. The van der Waals surface area contributed by atoms with Crippen LogP contribution in [0.5, 0.6) is 0 Å². The molecule has 0 aliphatic carbocycles. The summed E-state index contributed by atoms with van der Waals surface area (Å²) in [4.78, 5) is 12.1. The van der Waals surface area contributed by atoms with Crippen LogP contribution in [0.3, 0.4) is 0 Å². The Morgan fingerprint density at radius 3 is 2.37 bits per heavy atom. The van der Waals surface area contributed by atoms with Gasteiger partial charge in [0.25, 0.3) is 0 Å². The van der Waals surface area contributed by atoms with Gasteiger partial charge in [-0.3, -0.25) is 4.79 Å². The molecule has 0 aliphatic heterocycles. The topological polar surface area (TPSA) is 43.1 Å². The van der Waals surface area contributed by atoms with Crippen molar-refractivity contribution < 1.29 is 4.79 Å². The third-order valence-corrected chi connectivity index (χ3v) is 3.68. The molecule has 2 nitrogen and oxygen atoms in total. The summed E-state index contributed by atoms with van der Waals surface area (Å²) >= 11 is 0. The fraction of sp³-hybridized carbons (Fsp3) is 0.588. The monoisotopic (exact) mass is 261 g/mol. The number of nitrogen functional groups attached to an aromatic ring is 1. The van der Waals surface area contributed by atoms with Crippen LogP contribution in [0.1, 0.15) is 74.2 Å². The number of benzene rings is 1. The first-order chi connectivity index (χ1) is 9.16. The number of hydrogen-bond acceptors (Lipinski definition) is 2. The summed E-state index contributed by atoms with van der Waals surface area (Å²) in [6.45, 7) is 4.15. The minimum atomic E-state index is 0.235. The average molecular weight is 261 g/mol. The van der Waals surface area contributed by atoms with Gasteiger partial charge in [0.2, 0.25) is 0 Å². The van der Waals surface area contributed by atoms with E-state index >= 15 is 0 Å². The molecule has 1 aromatic rings. The lowest BCUT2D eigenvalue weighted by atomic mass is 9.99.